The van der Waals surface area contributed by atoms with Crippen molar-refractivity contribution >= 4 is 27.3 Å². The highest BCUT2D eigenvalue weighted by Gasteiger charge is 2.31. The van der Waals surface area contributed by atoms with Crippen LogP contribution in [0.2, 0.25) is 5.02 Å². The van der Waals surface area contributed by atoms with Gasteiger partial charge in [-0.2, -0.15) is 9.57 Å². The van der Waals surface area contributed by atoms with Crippen LogP contribution in [-0.4, -0.2) is 44.2 Å². The van der Waals surface area contributed by atoms with Gasteiger partial charge in [0.15, 0.2) is 5.25 Å². The van der Waals surface area contributed by atoms with E-state index in [2.05, 4.69) is 4.90 Å². The Morgan fingerprint density at radius 1 is 1.25 bits per heavy atom. The normalized spacial score (nSPS) is 18.6. The summed E-state index contributed by atoms with van der Waals surface area (Å²) in [4.78, 5) is 2.06. The van der Waals surface area contributed by atoms with E-state index in [0.29, 0.717) is 31.2 Å². The number of para-hydroxylation sites is 1. The molecule has 1 saturated heterocycles. The second-order valence-electron chi connectivity index (χ2n) is 4.65. The molecule has 0 aromatic heterocycles. The Balaban J connectivity index is 2.07. The van der Waals surface area contributed by atoms with Crippen molar-refractivity contribution in [1.29, 1.82) is 5.26 Å². The average Bonchev–Trinajstić information content (AvgIpc) is 2.47. The average molecular weight is 314 g/mol. The molecule has 1 fully saturated rings. The van der Waals surface area contributed by atoms with E-state index in [1.807, 2.05) is 24.3 Å². The molecule has 1 heterocycles. The monoisotopic (exact) mass is 313 g/mol. The molecule has 108 valence electrons. The van der Waals surface area contributed by atoms with Gasteiger partial charge in [-0.3, -0.25) is 0 Å². The number of piperazine rings is 1. The van der Waals surface area contributed by atoms with Crippen molar-refractivity contribution in [2.75, 3.05) is 31.1 Å². The number of nitriles is 1. The van der Waals surface area contributed by atoms with E-state index in [4.69, 9.17) is 16.9 Å². The number of anilines is 1. The maximum Gasteiger partial charge on any atom is 0.230 e. The molecule has 7 heteroatoms. The van der Waals surface area contributed by atoms with E-state index in [0.717, 1.165) is 5.69 Å². The number of sulfonamides is 1. The first-order valence-electron chi connectivity index (χ1n) is 6.35. The Kier molecular flexibility index (Phi) is 4.53. The molecule has 0 spiro atoms. The Hall–Kier alpha value is -1.29. The quantitative estimate of drug-likeness (QED) is 0.852. The molecule has 0 N–H and O–H groups in total. The molecule has 1 unspecified atom stereocenters. The summed E-state index contributed by atoms with van der Waals surface area (Å²) < 4.78 is 25.6. The summed E-state index contributed by atoms with van der Waals surface area (Å²) in [6.07, 6.45) is 0. The molecule has 0 aliphatic carbocycles. The van der Waals surface area contributed by atoms with Crippen molar-refractivity contribution in [3.63, 3.8) is 0 Å². The van der Waals surface area contributed by atoms with Crippen molar-refractivity contribution in [1.82, 2.24) is 4.31 Å². The largest absolute Gasteiger partial charge is 0.368 e. The Labute approximate surface area is 124 Å². The van der Waals surface area contributed by atoms with E-state index in [9.17, 15) is 8.42 Å². The first-order chi connectivity index (χ1) is 9.46. The van der Waals surface area contributed by atoms with Gasteiger partial charge in [-0.25, -0.2) is 8.42 Å². The molecule has 0 amide bonds. The van der Waals surface area contributed by atoms with Gasteiger partial charge in [-0.15, -0.1) is 0 Å². The smallest absolute Gasteiger partial charge is 0.230 e. The molecule has 1 atom stereocenters. The molecule has 0 radical (unpaired) electrons. The molecule has 1 aromatic carbocycles. The summed E-state index contributed by atoms with van der Waals surface area (Å²) in [7, 11) is -3.52. The fraction of sp³-hybridized carbons (Fsp3) is 0.462. The number of nitrogens with zero attached hydrogens (tertiary/aromatic N) is 3. The Morgan fingerprint density at radius 3 is 2.40 bits per heavy atom. The van der Waals surface area contributed by atoms with Crippen molar-refractivity contribution < 1.29 is 8.42 Å². The van der Waals surface area contributed by atoms with Gasteiger partial charge in [0.1, 0.15) is 0 Å². The van der Waals surface area contributed by atoms with Crippen LogP contribution in [-0.2, 0) is 10.0 Å². The lowest BCUT2D eigenvalue weighted by Crippen LogP contribution is -2.50. The maximum absolute atomic E-state index is 12.1. The molecule has 5 nitrogen and oxygen atoms in total. The highest BCUT2D eigenvalue weighted by atomic mass is 35.5. The summed E-state index contributed by atoms with van der Waals surface area (Å²) in [6, 6.07) is 9.30. The van der Waals surface area contributed by atoms with E-state index >= 15 is 0 Å². The van der Waals surface area contributed by atoms with Gasteiger partial charge in [0.25, 0.3) is 0 Å². The number of benzene rings is 1. The first-order valence-corrected chi connectivity index (χ1v) is 8.23. The van der Waals surface area contributed by atoms with Crippen LogP contribution in [0.3, 0.4) is 0 Å². The van der Waals surface area contributed by atoms with Gasteiger partial charge >= 0.3 is 0 Å². The third kappa shape index (κ3) is 2.90. The maximum atomic E-state index is 12.1. The number of hydrogen-bond acceptors (Lipinski definition) is 4. The van der Waals surface area contributed by atoms with Crippen LogP contribution in [0.4, 0.5) is 5.69 Å². The first kappa shape index (κ1) is 15.1. The van der Waals surface area contributed by atoms with E-state index in [1.165, 1.54) is 11.2 Å². The van der Waals surface area contributed by atoms with Crippen LogP contribution in [0.25, 0.3) is 0 Å². The van der Waals surface area contributed by atoms with Crippen molar-refractivity contribution in [2.45, 2.75) is 12.2 Å². The minimum atomic E-state index is -3.52. The number of halogens is 1. The second-order valence-corrected chi connectivity index (χ2v) is 7.31. The molecule has 20 heavy (non-hydrogen) atoms. The van der Waals surface area contributed by atoms with Crippen LogP contribution in [0.15, 0.2) is 24.3 Å². The molecule has 0 saturated carbocycles. The zero-order chi connectivity index (χ0) is 14.8. The van der Waals surface area contributed by atoms with Gasteiger partial charge in [0.2, 0.25) is 10.0 Å². The van der Waals surface area contributed by atoms with Crippen LogP contribution < -0.4 is 4.90 Å². The predicted octanol–water partition coefficient (Wildman–Crippen LogP) is 1.70. The molecular weight excluding hydrogens is 298 g/mol. The summed E-state index contributed by atoms with van der Waals surface area (Å²) in [5.74, 6) is 0. The lowest BCUT2D eigenvalue weighted by Gasteiger charge is -2.36. The second kappa shape index (κ2) is 6.00. The van der Waals surface area contributed by atoms with Crippen LogP contribution in [0.5, 0.6) is 0 Å². The van der Waals surface area contributed by atoms with Crippen LogP contribution >= 0.6 is 11.6 Å². The SMILES string of the molecule is CC(C#N)S(=O)(=O)N1CCN(c2ccccc2Cl)CC1. The summed E-state index contributed by atoms with van der Waals surface area (Å²) in [5.41, 5.74) is 0.916. The van der Waals surface area contributed by atoms with Crippen molar-refractivity contribution in [3.8, 4) is 6.07 Å². The predicted molar refractivity (Wildman–Crippen MR) is 79.2 cm³/mol. The third-order valence-corrected chi connectivity index (χ3v) is 5.82. The minimum Gasteiger partial charge on any atom is -0.368 e. The van der Waals surface area contributed by atoms with Gasteiger partial charge in [-0.05, 0) is 19.1 Å². The van der Waals surface area contributed by atoms with Gasteiger partial charge in [-0.1, -0.05) is 23.7 Å². The topological polar surface area (TPSA) is 64.4 Å². The number of rotatable bonds is 3. The number of hydrogen-bond donors (Lipinski definition) is 0. The molecule has 0 bridgehead atoms. The van der Waals surface area contributed by atoms with Gasteiger partial charge in [0, 0.05) is 26.2 Å². The highest BCUT2D eigenvalue weighted by Crippen LogP contribution is 2.26. The Bertz CT molecular complexity index is 619. The van der Waals surface area contributed by atoms with Crippen molar-refractivity contribution in [3.05, 3.63) is 29.3 Å². The fourth-order valence-corrected chi connectivity index (χ4v) is 3.69. The fourth-order valence-electron chi connectivity index (χ4n) is 2.18. The summed E-state index contributed by atoms with van der Waals surface area (Å²) >= 11 is 6.14. The van der Waals surface area contributed by atoms with Crippen molar-refractivity contribution in [2.24, 2.45) is 0 Å². The van der Waals surface area contributed by atoms with Gasteiger partial charge in [0.05, 0.1) is 16.8 Å². The lowest BCUT2D eigenvalue weighted by atomic mass is 10.2. The minimum absolute atomic E-state index is 0.375. The van der Waals surface area contributed by atoms with E-state index in [1.54, 1.807) is 6.07 Å². The Morgan fingerprint density at radius 2 is 1.85 bits per heavy atom. The molecular formula is C13H16ClN3O2S. The van der Waals surface area contributed by atoms with E-state index < -0.39 is 15.3 Å². The molecule has 1 aliphatic heterocycles. The zero-order valence-corrected chi connectivity index (χ0v) is 12.7. The standard InChI is InChI=1S/C13H16ClN3O2S/c1-11(10-15)20(18,19)17-8-6-16(7-9-17)13-5-3-2-4-12(13)14/h2-5,11H,6-9H2,1H3. The van der Waals surface area contributed by atoms with Gasteiger partial charge < -0.3 is 4.90 Å². The van der Waals surface area contributed by atoms with Crippen LogP contribution in [0, 0.1) is 11.3 Å². The van der Waals surface area contributed by atoms with E-state index in [-0.39, 0.29) is 0 Å². The third-order valence-electron chi connectivity index (χ3n) is 3.42. The zero-order valence-electron chi connectivity index (χ0n) is 11.2. The summed E-state index contributed by atoms with van der Waals surface area (Å²) in [6.45, 7) is 3.30. The summed E-state index contributed by atoms with van der Waals surface area (Å²) in [5, 5.41) is 8.44. The highest BCUT2D eigenvalue weighted by molar-refractivity contribution is 7.89. The molecule has 1 aromatic rings. The molecule has 1 aliphatic rings. The van der Waals surface area contributed by atoms with Crippen LogP contribution in [0.1, 0.15) is 6.92 Å². The molecule has 2 rings (SSSR count). The lowest BCUT2D eigenvalue weighted by molar-refractivity contribution is 0.383.